The van der Waals surface area contributed by atoms with Crippen molar-refractivity contribution in [3.05, 3.63) is 48.5 Å². The van der Waals surface area contributed by atoms with Crippen molar-refractivity contribution in [2.75, 3.05) is 51.3 Å². The number of ether oxygens (including phenoxy) is 2. The second-order valence-electron chi connectivity index (χ2n) is 11.7. The highest BCUT2D eigenvalue weighted by molar-refractivity contribution is 7.92. The van der Waals surface area contributed by atoms with E-state index in [4.69, 9.17) is 18.6 Å². The summed E-state index contributed by atoms with van der Waals surface area (Å²) in [5.41, 5.74) is -2.08. The molecular weight excluding hydrogens is 947 g/mol. The van der Waals surface area contributed by atoms with Crippen molar-refractivity contribution < 1.29 is 91.7 Å². The fraction of sp³-hybridized carbons (Fsp3) is 0.241. The molecule has 0 unspecified atom stereocenters. The highest BCUT2D eigenvalue weighted by Gasteiger charge is 2.28. The first-order valence-electron chi connectivity index (χ1n) is 15.9. The van der Waals surface area contributed by atoms with E-state index in [-0.39, 0.29) is 22.1 Å². The lowest BCUT2D eigenvalue weighted by Gasteiger charge is -2.15. The van der Waals surface area contributed by atoms with Gasteiger partial charge in [0, 0.05) is 30.0 Å². The molecule has 26 nitrogen and oxygen atoms in total. The van der Waals surface area contributed by atoms with E-state index < -0.39 is 139 Å². The molecule has 0 aliphatic rings. The number of nitrogens with zero attached hydrogens (tertiary/aromatic N) is 4. The Morgan fingerprint density at radius 2 is 1.13 bits per heavy atom. The Morgan fingerprint density at radius 3 is 1.66 bits per heavy atom. The van der Waals surface area contributed by atoms with Gasteiger partial charge in [-0.2, -0.15) is 33.7 Å². The number of nitrogens with one attached hydrogen (secondary N) is 1. The molecule has 4 aromatic rings. The predicted octanol–water partition coefficient (Wildman–Crippen LogP) is 3.11. The van der Waals surface area contributed by atoms with Crippen LogP contribution in [0.15, 0.2) is 88.6 Å². The lowest BCUT2D eigenvalue weighted by molar-refractivity contribution is 0.282. The van der Waals surface area contributed by atoms with Crippen LogP contribution in [0.25, 0.3) is 10.8 Å². The number of benzene rings is 4. The van der Waals surface area contributed by atoms with Gasteiger partial charge in [0.25, 0.3) is 20.2 Å². The molecule has 61 heavy (non-hydrogen) atoms. The van der Waals surface area contributed by atoms with Gasteiger partial charge in [-0.15, -0.1) is 20.5 Å². The molecule has 0 heterocycles. The second kappa shape index (κ2) is 18.2. The third-order valence-electron chi connectivity index (χ3n) is 7.79. The van der Waals surface area contributed by atoms with Crippen molar-refractivity contribution in [3.63, 3.8) is 0 Å². The summed E-state index contributed by atoms with van der Waals surface area (Å²) in [6.07, 6.45) is 0. The van der Waals surface area contributed by atoms with E-state index in [2.05, 4.69) is 34.1 Å². The summed E-state index contributed by atoms with van der Waals surface area (Å²) >= 11 is 0. The van der Waals surface area contributed by atoms with Gasteiger partial charge in [-0.3, -0.25) is 18.2 Å². The minimum absolute atomic E-state index is 0.0179. The van der Waals surface area contributed by atoms with Crippen molar-refractivity contribution in [2.45, 2.75) is 19.6 Å². The number of hydrogen-bond donors (Lipinski definition) is 6. The van der Waals surface area contributed by atoms with Gasteiger partial charge in [-0.25, -0.2) is 25.2 Å². The molecule has 0 radical (unpaired) electrons. The number of phenols is 1. The van der Waals surface area contributed by atoms with E-state index >= 15 is 0 Å². The van der Waals surface area contributed by atoms with Gasteiger partial charge < -0.3 is 19.9 Å². The highest BCUT2D eigenvalue weighted by Crippen LogP contribution is 2.48. The summed E-state index contributed by atoms with van der Waals surface area (Å²) in [7, 11) is -26.0. The number of rotatable bonds is 19. The summed E-state index contributed by atoms with van der Waals surface area (Å²) < 4.78 is 201. The topological polar surface area (TPSA) is 404 Å². The molecule has 0 saturated carbocycles. The maximum Gasteiger partial charge on any atom is 0.397 e. The van der Waals surface area contributed by atoms with E-state index in [1.54, 1.807) is 0 Å². The lowest BCUT2D eigenvalue weighted by Crippen LogP contribution is -2.16. The van der Waals surface area contributed by atoms with Gasteiger partial charge in [-0.05, 0) is 36.4 Å². The number of aromatic hydroxyl groups is 1. The molecule has 0 fully saturated rings. The maximum atomic E-state index is 12.9. The first kappa shape index (κ1) is 48.7. The first-order chi connectivity index (χ1) is 28.0. The molecular formula is C29H31N5O21S6. The van der Waals surface area contributed by atoms with Gasteiger partial charge >= 0.3 is 20.8 Å². The monoisotopic (exact) mass is 977 g/mol. The molecule has 0 aromatic heterocycles. The molecule has 0 aliphatic heterocycles. The Morgan fingerprint density at radius 1 is 0.574 bits per heavy atom. The zero-order valence-electron chi connectivity index (χ0n) is 31.0. The molecule has 32 heteroatoms. The molecule has 0 aliphatic carbocycles. The number of azo groups is 2. The summed E-state index contributed by atoms with van der Waals surface area (Å²) in [5, 5.41) is 28.7. The smallest absolute Gasteiger partial charge is 0.397 e. The van der Waals surface area contributed by atoms with Crippen LogP contribution in [-0.4, -0.2) is 120 Å². The Labute approximate surface area is 347 Å². The van der Waals surface area contributed by atoms with E-state index in [1.165, 1.54) is 19.2 Å². The predicted molar refractivity (Wildman–Crippen MR) is 208 cm³/mol. The van der Waals surface area contributed by atoms with E-state index in [9.17, 15) is 64.7 Å². The van der Waals surface area contributed by atoms with Crippen molar-refractivity contribution in [1.29, 1.82) is 0 Å². The number of phenolic OH excluding ortho intramolecular Hbond substituents is 1. The van der Waals surface area contributed by atoms with Crippen LogP contribution >= 0.6 is 0 Å². The molecule has 4 aromatic carbocycles. The van der Waals surface area contributed by atoms with Gasteiger partial charge in [-0.1, -0.05) is 0 Å². The third kappa shape index (κ3) is 12.1. The number of sulfone groups is 2. The molecule has 6 N–H and O–H groups in total. The molecule has 0 atom stereocenters. The maximum absolute atomic E-state index is 12.9. The fourth-order valence-electron chi connectivity index (χ4n) is 5.13. The first-order valence-corrected chi connectivity index (χ1v) is 24.8. The van der Waals surface area contributed by atoms with Gasteiger partial charge in [0.05, 0.1) is 49.5 Å². The Hall–Kier alpha value is -5.00. The lowest BCUT2D eigenvalue weighted by atomic mass is 10.0. The minimum atomic E-state index is -5.28. The molecule has 0 saturated heterocycles. The standard InChI is InChI=1S/C29H31N5O21S6/c1-30-20-7-5-17-18(27(20)33-31-19-6-4-16(12-24(19)58(40,41)42)56(36,37)10-8-54-60(46,47)48)13-26(59(43,44)45)28(29(17)53-3)34-32-21-14-23(52-2)25(15-22(21)35)57(38,39)11-9-55-61(49,50)51/h4-7,12-15,30,35H,8-11H2,1-3H3,(H,40,41,42)(H,43,44,45)(H,46,47,48)(H,49,50,51). The van der Waals surface area contributed by atoms with Crippen molar-refractivity contribution in [3.8, 4) is 17.2 Å². The van der Waals surface area contributed by atoms with Crippen LogP contribution in [0, 0.1) is 0 Å². The van der Waals surface area contributed by atoms with Crippen LogP contribution in [-0.2, 0) is 69.1 Å². The minimum Gasteiger partial charge on any atom is -0.506 e. The third-order valence-corrected chi connectivity index (χ3v) is 13.8. The molecule has 0 amide bonds. The van der Waals surface area contributed by atoms with Gasteiger partial charge in [0.15, 0.2) is 25.4 Å². The summed E-state index contributed by atoms with van der Waals surface area (Å²) in [6, 6.07) is 7.16. The zero-order chi connectivity index (χ0) is 45.9. The summed E-state index contributed by atoms with van der Waals surface area (Å²) in [5.74, 6) is -3.83. The van der Waals surface area contributed by atoms with Gasteiger partial charge in [0.2, 0.25) is 0 Å². The fourth-order valence-corrected chi connectivity index (χ4v) is 9.67. The van der Waals surface area contributed by atoms with E-state index in [0.29, 0.717) is 12.1 Å². The number of anilines is 1. The summed E-state index contributed by atoms with van der Waals surface area (Å²) in [6.45, 7) is -2.08. The van der Waals surface area contributed by atoms with Crippen LogP contribution in [0.3, 0.4) is 0 Å². The van der Waals surface area contributed by atoms with Crippen LogP contribution in [0.2, 0.25) is 0 Å². The average Bonchev–Trinajstić information content (AvgIpc) is 3.13. The molecule has 0 spiro atoms. The van der Waals surface area contributed by atoms with E-state index in [1.807, 2.05) is 0 Å². The van der Waals surface area contributed by atoms with Crippen LogP contribution in [0.1, 0.15) is 0 Å². The van der Waals surface area contributed by atoms with Crippen molar-refractivity contribution >= 4 is 99.9 Å². The average molecular weight is 978 g/mol. The van der Waals surface area contributed by atoms with Crippen molar-refractivity contribution in [1.82, 2.24) is 0 Å². The molecule has 0 bridgehead atoms. The summed E-state index contributed by atoms with van der Waals surface area (Å²) in [4.78, 5) is -3.53. The van der Waals surface area contributed by atoms with Crippen LogP contribution in [0.4, 0.5) is 28.4 Å². The van der Waals surface area contributed by atoms with Gasteiger partial charge in [0.1, 0.15) is 48.9 Å². The number of methoxy groups -OCH3 is 2. The normalized spacial score (nSPS) is 13.3. The molecule has 334 valence electrons. The Balaban J connectivity index is 1.88. The zero-order valence-corrected chi connectivity index (χ0v) is 35.9. The Kier molecular flexibility index (Phi) is 14.5. The van der Waals surface area contributed by atoms with Crippen LogP contribution < -0.4 is 14.8 Å². The quantitative estimate of drug-likeness (QED) is 0.0580. The van der Waals surface area contributed by atoms with Crippen molar-refractivity contribution in [2.24, 2.45) is 20.5 Å². The SMILES string of the molecule is CNc1ccc2c(OC)c(N=Nc3cc(OC)c(S(=O)(=O)CCOS(=O)(=O)O)cc3O)c(S(=O)(=O)O)cc2c1N=Nc1ccc(S(=O)(=O)CCOS(=O)(=O)O)cc1S(=O)(=O)O. The molecule has 4 rings (SSSR count). The Bertz CT molecular complexity index is 3140. The van der Waals surface area contributed by atoms with Crippen LogP contribution in [0.5, 0.6) is 17.2 Å². The number of fused-ring (bicyclic) bond motifs is 1. The van der Waals surface area contributed by atoms with E-state index in [0.717, 1.165) is 38.5 Å². The largest absolute Gasteiger partial charge is 0.506 e. The second-order valence-corrected chi connectivity index (χ2v) is 20.8. The highest BCUT2D eigenvalue weighted by atomic mass is 32.3. The number of hydrogen-bond acceptors (Lipinski definition) is 22.